The van der Waals surface area contributed by atoms with E-state index in [9.17, 15) is 9.59 Å². The third kappa shape index (κ3) is 1.75. The first kappa shape index (κ1) is 8.11. The van der Waals surface area contributed by atoms with Crippen LogP contribution in [0.3, 0.4) is 0 Å². The van der Waals surface area contributed by atoms with E-state index in [0.717, 1.165) is 3.08 Å². The van der Waals surface area contributed by atoms with Gasteiger partial charge in [0.05, 0.1) is 0 Å². The van der Waals surface area contributed by atoms with E-state index in [4.69, 9.17) is 0 Å². The van der Waals surface area contributed by atoms with Gasteiger partial charge in [-0.1, -0.05) is 0 Å². The van der Waals surface area contributed by atoms with Gasteiger partial charge in [-0.25, -0.2) is 0 Å². The summed E-state index contributed by atoms with van der Waals surface area (Å²) >= 11 is -1.00. The van der Waals surface area contributed by atoms with Crippen LogP contribution in [0.2, 0.25) is 4.43 Å². The van der Waals surface area contributed by atoms with E-state index >= 15 is 0 Å². The van der Waals surface area contributed by atoms with Crippen LogP contribution in [0, 0.1) is 0 Å². The summed E-state index contributed by atoms with van der Waals surface area (Å²) in [5.41, 5.74) is 0. The van der Waals surface area contributed by atoms with Crippen molar-refractivity contribution in [2.45, 2.75) is 17.3 Å². The maximum atomic E-state index is 11.0. The van der Waals surface area contributed by atoms with E-state index in [1.54, 1.807) is 0 Å². The Kier molecular flexibility index (Phi) is 2.77. The Labute approximate surface area is 72.1 Å². The molecule has 0 aromatic heterocycles. The molecule has 0 unspecified atom stereocenters. The van der Waals surface area contributed by atoms with Crippen LogP contribution in [0.5, 0.6) is 0 Å². The summed E-state index contributed by atoms with van der Waals surface area (Å²) in [6.07, 6.45) is 2.53. The fourth-order valence-electron chi connectivity index (χ4n) is 1.06. The van der Waals surface area contributed by atoms with E-state index in [1.165, 1.54) is 0 Å². The summed E-state index contributed by atoms with van der Waals surface area (Å²) in [5, 5.41) is 0. The van der Waals surface area contributed by atoms with Crippen molar-refractivity contribution in [3.63, 3.8) is 0 Å². The van der Waals surface area contributed by atoms with Crippen LogP contribution < -0.4 is 0 Å². The van der Waals surface area contributed by atoms with Gasteiger partial charge in [0.1, 0.15) is 0 Å². The van der Waals surface area contributed by atoms with E-state index in [-0.39, 0.29) is 18.0 Å². The van der Waals surface area contributed by atoms with Crippen molar-refractivity contribution in [1.82, 2.24) is 0 Å². The van der Waals surface area contributed by atoms with Gasteiger partial charge in [-0.05, 0) is 0 Å². The van der Waals surface area contributed by atoms with E-state index < -0.39 is 24.6 Å². The fourth-order valence-corrected chi connectivity index (χ4v) is 4.76. The van der Waals surface area contributed by atoms with Gasteiger partial charge in [-0.15, -0.1) is 0 Å². The summed E-state index contributed by atoms with van der Waals surface area (Å²) in [6, 6.07) is 0. The molecule has 1 aliphatic rings. The average molecular weight is 325 g/mol. The summed E-state index contributed by atoms with van der Waals surface area (Å²) in [5.74, 6) is 0.191. The van der Waals surface area contributed by atoms with Crippen molar-refractivity contribution in [2.75, 3.05) is 0 Å². The number of allylic oxidation sites excluding steroid dienone is 2. The van der Waals surface area contributed by atoms with Crippen LogP contribution in [-0.4, -0.2) is 11.6 Å². The van der Waals surface area contributed by atoms with Gasteiger partial charge in [0.2, 0.25) is 0 Å². The predicted molar refractivity (Wildman–Crippen MR) is 33.2 cm³/mol. The topological polar surface area (TPSA) is 34.1 Å². The summed E-state index contributed by atoms with van der Waals surface area (Å²) in [7, 11) is 0. The molecule has 0 saturated heterocycles. The SMILES string of the molecule is [CH3][Hg][C]1=CCC(=O)CC1=O. The molecular weight excluding hydrogens is 317 g/mol. The van der Waals surface area contributed by atoms with Crippen molar-refractivity contribution < 1.29 is 34.2 Å². The fraction of sp³-hybridized carbons (Fsp3) is 0.429. The van der Waals surface area contributed by atoms with Crippen LogP contribution in [0.1, 0.15) is 12.8 Å². The Morgan fingerprint density at radius 3 is 2.70 bits per heavy atom. The first-order chi connectivity index (χ1) is 4.74. The predicted octanol–water partition coefficient (Wildman–Crippen LogP) is 0.933. The molecule has 0 N–H and O–H groups in total. The van der Waals surface area contributed by atoms with Crippen molar-refractivity contribution in [1.29, 1.82) is 0 Å². The number of rotatable bonds is 1. The average Bonchev–Trinajstić information content (AvgIpc) is 1.88. The summed E-state index contributed by atoms with van der Waals surface area (Å²) in [4.78, 5) is 21.7. The molecule has 0 aliphatic heterocycles. The molecule has 0 fully saturated rings. The number of hydrogen-bond acceptors (Lipinski definition) is 2. The normalized spacial score (nSPS) is 18.3. The first-order valence-electron chi connectivity index (χ1n) is 3.48. The van der Waals surface area contributed by atoms with Crippen LogP contribution >= 0.6 is 0 Å². The minimum absolute atomic E-state index is 0.0793. The molecule has 1 aliphatic carbocycles. The minimum atomic E-state index is -1.00. The monoisotopic (exact) mass is 326 g/mol. The van der Waals surface area contributed by atoms with Crippen molar-refractivity contribution >= 4 is 11.6 Å². The Morgan fingerprint density at radius 1 is 1.50 bits per heavy atom. The summed E-state index contributed by atoms with van der Waals surface area (Å²) in [6.45, 7) is 0. The molecule has 0 aromatic rings. The third-order valence-electron chi connectivity index (χ3n) is 1.67. The van der Waals surface area contributed by atoms with Crippen LogP contribution in [-0.2, 0) is 34.2 Å². The zero-order chi connectivity index (χ0) is 7.56. The standard InChI is InChI=1S/C6H5O2.CH3.Hg/c7-5-2-1-3-6(8)4-5;;/h1H,2,4H2;1H3;. The second-order valence-electron chi connectivity index (χ2n) is 2.43. The molecule has 0 atom stereocenters. The number of ketones is 2. The molecule has 3 heteroatoms. The van der Waals surface area contributed by atoms with Crippen molar-refractivity contribution in [2.24, 2.45) is 0 Å². The third-order valence-corrected chi connectivity index (χ3v) is 7.29. The molecule has 1 rings (SSSR count). The Morgan fingerprint density at radius 2 is 2.20 bits per heavy atom. The van der Waals surface area contributed by atoms with E-state index in [0.29, 0.717) is 6.42 Å². The first-order valence-corrected chi connectivity index (χ1v) is 11.7. The molecule has 0 amide bonds. The molecule has 0 aromatic carbocycles. The molecule has 0 bridgehead atoms. The van der Waals surface area contributed by atoms with Gasteiger partial charge in [0.15, 0.2) is 0 Å². The maximum absolute atomic E-state index is 11.0. The van der Waals surface area contributed by atoms with Gasteiger partial charge in [0.25, 0.3) is 0 Å². The quantitative estimate of drug-likeness (QED) is 0.531. The molecule has 2 nitrogen and oxygen atoms in total. The molecular formula is C7H8HgO2. The number of carbonyl (C=O) groups is 2. The number of hydrogen-bond donors (Lipinski definition) is 0. The van der Waals surface area contributed by atoms with Crippen LogP contribution in [0.4, 0.5) is 0 Å². The molecule has 50 valence electrons. The summed E-state index contributed by atoms with van der Waals surface area (Å²) < 4.78 is 3.19. The van der Waals surface area contributed by atoms with Crippen molar-refractivity contribution in [3.05, 3.63) is 9.16 Å². The van der Waals surface area contributed by atoms with Crippen LogP contribution in [0.15, 0.2) is 9.16 Å². The zero-order valence-corrected chi connectivity index (χ0v) is 11.5. The number of carbonyl (C=O) groups excluding carboxylic acids is 2. The second kappa shape index (κ2) is 3.42. The molecule has 0 saturated carbocycles. The van der Waals surface area contributed by atoms with Crippen molar-refractivity contribution in [3.8, 4) is 0 Å². The van der Waals surface area contributed by atoms with E-state index in [2.05, 4.69) is 4.43 Å². The van der Waals surface area contributed by atoms with Gasteiger partial charge in [-0.2, -0.15) is 0 Å². The van der Waals surface area contributed by atoms with Crippen LogP contribution in [0.25, 0.3) is 0 Å². The number of Topliss-reactive ketones (excluding diaryl/α,β-unsaturated/α-hetero) is 2. The van der Waals surface area contributed by atoms with Gasteiger partial charge in [0, 0.05) is 0 Å². The molecule has 0 radical (unpaired) electrons. The van der Waals surface area contributed by atoms with Gasteiger partial charge in [-0.3, -0.25) is 0 Å². The molecule has 10 heavy (non-hydrogen) atoms. The zero-order valence-electron chi connectivity index (χ0n) is 6.02. The molecule has 0 spiro atoms. The Hall–Kier alpha value is 0.0151. The molecule has 0 heterocycles. The van der Waals surface area contributed by atoms with Gasteiger partial charge >= 0.3 is 72.2 Å². The van der Waals surface area contributed by atoms with Gasteiger partial charge < -0.3 is 0 Å². The Bertz CT molecular complexity index is 206. The Balaban J connectivity index is 2.75. The van der Waals surface area contributed by atoms with E-state index in [1.807, 2.05) is 6.08 Å². The second-order valence-corrected chi connectivity index (χ2v) is 8.14.